The first kappa shape index (κ1) is 20.1. The Morgan fingerprint density at radius 3 is 2.32 bits per heavy atom. The van der Waals surface area contributed by atoms with Crippen molar-refractivity contribution in [2.75, 3.05) is 0 Å². The molecule has 0 amide bonds. The van der Waals surface area contributed by atoms with Crippen molar-refractivity contribution in [1.82, 2.24) is 4.72 Å². The number of rotatable bonds is 7. The molecule has 0 bridgehead atoms. The van der Waals surface area contributed by atoms with Crippen LogP contribution in [0, 0.1) is 0 Å². The average Bonchev–Trinajstić information content (AvgIpc) is 2.96. The van der Waals surface area contributed by atoms with Gasteiger partial charge in [-0.15, -0.1) is 11.3 Å². The molecule has 0 unspecified atom stereocenters. The van der Waals surface area contributed by atoms with Crippen LogP contribution in [0.4, 0.5) is 0 Å². The first-order valence-corrected chi connectivity index (χ1v) is 10.8. The summed E-state index contributed by atoms with van der Waals surface area (Å²) in [6.45, 7) is 7.62. The number of sulfonamides is 1. The summed E-state index contributed by atoms with van der Waals surface area (Å²) < 4.78 is 28.9. The molecule has 0 fully saturated rings. The van der Waals surface area contributed by atoms with Gasteiger partial charge in [0.2, 0.25) is 0 Å². The summed E-state index contributed by atoms with van der Waals surface area (Å²) in [6.07, 6.45) is 2.99. The van der Waals surface area contributed by atoms with E-state index in [4.69, 9.17) is 0 Å². The van der Waals surface area contributed by atoms with Crippen molar-refractivity contribution >= 4 is 21.4 Å². The molecule has 2 rings (SSSR count). The molecule has 6 heteroatoms. The Balaban J connectivity index is 2.50. The topological polar surface area (TPSA) is 66.4 Å². The van der Waals surface area contributed by atoms with E-state index in [2.05, 4.69) is 11.6 Å². The zero-order chi connectivity index (χ0) is 18.7. The minimum atomic E-state index is -3.60. The van der Waals surface area contributed by atoms with Crippen molar-refractivity contribution < 1.29 is 13.5 Å². The predicted octanol–water partition coefficient (Wildman–Crippen LogP) is 4.33. The number of aliphatic hydroxyl groups is 1. The lowest BCUT2D eigenvalue weighted by Crippen LogP contribution is -2.40. The summed E-state index contributed by atoms with van der Waals surface area (Å²) in [4.78, 5) is 1.08. The molecule has 4 nitrogen and oxygen atoms in total. The second-order valence-electron chi connectivity index (χ2n) is 7.23. The zero-order valence-corrected chi connectivity index (χ0v) is 16.9. The Morgan fingerprint density at radius 2 is 1.80 bits per heavy atom. The first-order chi connectivity index (χ1) is 11.7. The average molecular weight is 382 g/mol. The van der Waals surface area contributed by atoms with Crippen LogP contribution in [0.2, 0.25) is 0 Å². The maximum Gasteiger partial charge on any atom is 0.251 e. The van der Waals surface area contributed by atoms with Crippen LogP contribution >= 0.6 is 11.3 Å². The monoisotopic (exact) mass is 381 g/mol. The number of unbranched alkanes of at least 4 members (excludes halogenated alkanes) is 1. The molecular formula is C19H27NO3S2. The lowest BCUT2D eigenvalue weighted by atomic mass is 10.1. The lowest BCUT2D eigenvalue weighted by molar-refractivity contribution is 0.282. The standard InChI is InChI=1S/C19H27NO3S2/c1-5-6-7-16-12-17(15-10-8-14(13-21)9-11-15)18(24-16)25(22,23)20-19(2,3)4/h8-12,20-21H,5-7,13H2,1-4H3. The smallest absolute Gasteiger partial charge is 0.251 e. The van der Waals surface area contributed by atoms with Gasteiger partial charge in [0.1, 0.15) is 4.21 Å². The van der Waals surface area contributed by atoms with Crippen LogP contribution in [0.15, 0.2) is 34.5 Å². The van der Waals surface area contributed by atoms with Gasteiger partial charge < -0.3 is 5.11 Å². The first-order valence-electron chi connectivity index (χ1n) is 8.53. The van der Waals surface area contributed by atoms with Gasteiger partial charge in [0.25, 0.3) is 10.0 Å². The molecule has 0 radical (unpaired) electrons. The summed E-state index contributed by atoms with van der Waals surface area (Å²) in [5.41, 5.74) is 1.86. The van der Waals surface area contributed by atoms with E-state index in [1.807, 2.05) is 51.1 Å². The van der Waals surface area contributed by atoms with Gasteiger partial charge >= 0.3 is 0 Å². The van der Waals surface area contributed by atoms with E-state index in [-0.39, 0.29) is 6.61 Å². The number of hydrogen-bond donors (Lipinski definition) is 2. The third kappa shape index (κ3) is 5.38. The summed E-state index contributed by atoms with van der Waals surface area (Å²) in [7, 11) is -3.60. The third-order valence-electron chi connectivity index (χ3n) is 3.66. The molecular weight excluding hydrogens is 354 g/mol. The van der Waals surface area contributed by atoms with Crippen molar-refractivity contribution in [3.05, 3.63) is 40.8 Å². The quantitative estimate of drug-likeness (QED) is 0.750. The van der Waals surface area contributed by atoms with Gasteiger partial charge in [-0.25, -0.2) is 13.1 Å². The molecule has 2 aromatic rings. The molecule has 0 atom stereocenters. The van der Waals surface area contributed by atoms with E-state index < -0.39 is 15.6 Å². The number of aliphatic hydroxyl groups excluding tert-OH is 1. The highest BCUT2D eigenvalue weighted by Crippen LogP contribution is 2.36. The third-order valence-corrected chi connectivity index (χ3v) is 7.14. The number of hydrogen-bond acceptors (Lipinski definition) is 4. The largest absolute Gasteiger partial charge is 0.392 e. The number of thiophene rings is 1. The van der Waals surface area contributed by atoms with E-state index in [1.165, 1.54) is 11.3 Å². The summed E-state index contributed by atoms with van der Waals surface area (Å²) in [6, 6.07) is 9.38. The van der Waals surface area contributed by atoms with Gasteiger partial charge in [-0.1, -0.05) is 37.6 Å². The molecule has 0 spiro atoms. The molecule has 25 heavy (non-hydrogen) atoms. The van der Waals surface area contributed by atoms with E-state index in [1.54, 1.807) is 0 Å². The summed E-state index contributed by atoms with van der Waals surface area (Å²) in [5.74, 6) is 0. The maximum absolute atomic E-state index is 12.9. The van der Waals surface area contributed by atoms with Gasteiger partial charge in [-0.3, -0.25) is 0 Å². The highest BCUT2D eigenvalue weighted by Gasteiger charge is 2.27. The molecule has 1 heterocycles. The van der Waals surface area contributed by atoms with Gasteiger partial charge in [0, 0.05) is 16.0 Å². The second-order valence-corrected chi connectivity index (χ2v) is 10.2. The highest BCUT2D eigenvalue weighted by atomic mass is 32.2. The summed E-state index contributed by atoms with van der Waals surface area (Å²) >= 11 is 1.35. The lowest BCUT2D eigenvalue weighted by Gasteiger charge is -2.20. The Labute approximate surface area is 155 Å². The van der Waals surface area contributed by atoms with Crippen molar-refractivity contribution in [3.8, 4) is 11.1 Å². The Kier molecular flexibility index (Phi) is 6.43. The SMILES string of the molecule is CCCCc1cc(-c2ccc(CO)cc2)c(S(=O)(=O)NC(C)(C)C)s1. The minimum absolute atomic E-state index is 0.0254. The van der Waals surface area contributed by atoms with Crippen molar-refractivity contribution in [1.29, 1.82) is 0 Å². The summed E-state index contributed by atoms with van der Waals surface area (Å²) in [5, 5.41) is 9.21. The molecule has 1 aromatic carbocycles. The van der Waals surface area contributed by atoms with Crippen molar-refractivity contribution in [3.63, 3.8) is 0 Å². The predicted molar refractivity (Wildman–Crippen MR) is 104 cm³/mol. The fraction of sp³-hybridized carbons (Fsp3) is 0.474. The highest BCUT2D eigenvalue weighted by molar-refractivity contribution is 7.91. The van der Waals surface area contributed by atoms with Crippen LogP contribution < -0.4 is 4.72 Å². The molecule has 0 saturated heterocycles. The van der Waals surface area contributed by atoms with Crippen LogP contribution in [0.1, 0.15) is 51.0 Å². The normalized spacial score (nSPS) is 12.5. The van der Waals surface area contributed by atoms with Gasteiger partial charge in [0.05, 0.1) is 6.61 Å². The maximum atomic E-state index is 12.9. The van der Waals surface area contributed by atoms with E-state index in [0.29, 0.717) is 4.21 Å². The van der Waals surface area contributed by atoms with E-state index in [0.717, 1.165) is 40.8 Å². The van der Waals surface area contributed by atoms with E-state index in [9.17, 15) is 13.5 Å². The van der Waals surface area contributed by atoms with Crippen LogP contribution in [-0.4, -0.2) is 19.1 Å². The molecule has 0 aliphatic rings. The Morgan fingerprint density at radius 1 is 1.16 bits per heavy atom. The van der Waals surface area contributed by atoms with Crippen molar-refractivity contribution in [2.45, 2.75) is 63.3 Å². The van der Waals surface area contributed by atoms with Gasteiger partial charge in [-0.05, 0) is 50.8 Å². The number of nitrogens with one attached hydrogen (secondary N) is 1. The fourth-order valence-electron chi connectivity index (χ4n) is 2.54. The minimum Gasteiger partial charge on any atom is -0.392 e. The van der Waals surface area contributed by atoms with Gasteiger partial charge in [-0.2, -0.15) is 0 Å². The van der Waals surface area contributed by atoms with Crippen LogP contribution in [0.25, 0.3) is 11.1 Å². The van der Waals surface area contributed by atoms with Gasteiger partial charge in [0.15, 0.2) is 0 Å². The van der Waals surface area contributed by atoms with E-state index >= 15 is 0 Å². The molecule has 138 valence electrons. The Bertz CT molecular complexity index is 800. The zero-order valence-electron chi connectivity index (χ0n) is 15.3. The van der Waals surface area contributed by atoms with Crippen LogP contribution in [-0.2, 0) is 23.1 Å². The molecule has 0 aliphatic carbocycles. The van der Waals surface area contributed by atoms with Crippen LogP contribution in [0.5, 0.6) is 0 Å². The molecule has 0 aliphatic heterocycles. The number of benzene rings is 1. The fourth-order valence-corrected chi connectivity index (χ4v) is 5.74. The van der Waals surface area contributed by atoms with Crippen LogP contribution in [0.3, 0.4) is 0 Å². The molecule has 2 N–H and O–H groups in total. The second kappa shape index (κ2) is 7.99. The molecule has 1 aromatic heterocycles. The Hall–Kier alpha value is -1.21. The molecule has 0 saturated carbocycles. The van der Waals surface area contributed by atoms with Crippen molar-refractivity contribution in [2.24, 2.45) is 0 Å². The number of aryl methyl sites for hydroxylation is 1.